The standard InChI is InChI=1S/C8H12N2O2.C2H6/c1-6-9-10-8(12-6)7-2-4-11-5-3-7;1-2/h7H,2-5H2,1H3;1-2H3. The molecule has 1 aromatic rings. The fourth-order valence-electron chi connectivity index (χ4n) is 1.42. The smallest absolute Gasteiger partial charge is 0.219 e. The average molecular weight is 198 g/mol. The quantitative estimate of drug-likeness (QED) is 0.694. The molecule has 1 aliphatic heterocycles. The van der Waals surface area contributed by atoms with Gasteiger partial charge in [0, 0.05) is 26.1 Å². The molecule has 0 atom stereocenters. The lowest BCUT2D eigenvalue weighted by Crippen LogP contribution is -2.14. The molecule has 80 valence electrons. The van der Waals surface area contributed by atoms with Crippen molar-refractivity contribution in [3.63, 3.8) is 0 Å². The predicted octanol–water partition coefficient (Wildman–Crippen LogP) is 2.30. The van der Waals surface area contributed by atoms with Crippen molar-refractivity contribution in [1.82, 2.24) is 10.2 Å². The minimum Gasteiger partial charge on any atom is -0.425 e. The van der Waals surface area contributed by atoms with Gasteiger partial charge < -0.3 is 9.15 Å². The first kappa shape index (κ1) is 11.2. The molecule has 0 bridgehead atoms. The maximum absolute atomic E-state index is 5.35. The number of aryl methyl sites for hydroxylation is 1. The molecule has 0 aromatic carbocycles. The monoisotopic (exact) mass is 198 g/mol. The molecule has 0 saturated carbocycles. The van der Waals surface area contributed by atoms with Crippen LogP contribution < -0.4 is 0 Å². The molecule has 2 rings (SSSR count). The van der Waals surface area contributed by atoms with E-state index in [0.29, 0.717) is 11.8 Å². The van der Waals surface area contributed by atoms with Gasteiger partial charge >= 0.3 is 0 Å². The van der Waals surface area contributed by atoms with Crippen LogP contribution >= 0.6 is 0 Å². The number of nitrogens with zero attached hydrogens (tertiary/aromatic N) is 2. The van der Waals surface area contributed by atoms with E-state index in [1.54, 1.807) is 0 Å². The van der Waals surface area contributed by atoms with E-state index in [2.05, 4.69) is 10.2 Å². The van der Waals surface area contributed by atoms with Crippen LogP contribution in [0.5, 0.6) is 0 Å². The molecule has 0 radical (unpaired) electrons. The third-order valence-corrected chi connectivity index (χ3v) is 2.11. The molecule has 0 aliphatic carbocycles. The second kappa shape index (κ2) is 5.75. The Labute approximate surface area is 84.7 Å². The molecule has 0 unspecified atom stereocenters. The van der Waals surface area contributed by atoms with Crippen molar-refractivity contribution >= 4 is 0 Å². The maximum atomic E-state index is 5.35. The van der Waals surface area contributed by atoms with Gasteiger partial charge in [-0.1, -0.05) is 13.8 Å². The van der Waals surface area contributed by atoms with Crippen molar-refractivity contribution in [2.75, 3.05) is 13.2 Å². The number of aromatic nitrogens is 2. The average Bonchev–Trinajstić information content (AvgIpc) is 2.69. The Kier molecular flexibility index (Phi) is 4.59. The lowest BCUT2D eigenvalue weighted by atomic mass is 10.0. The Balaban J connectivity index is 0.000000461. The van der Waals surface area contributed by atoms with Crippen LogP contribution in [-0.4, -0.2) is 23.4 Å². The third kappa shape index (κ3) is 2.80. The molecular formula is C10H18N2O2. The zero-order valence-corrected chi connectivity index (χ0v) is 9.12. The Morgan fingerprint density at radius 2 is 1.79 bits per heavy atom. The fraction of sp³-hybridized carbons (Fsp3) is 0.800. The van der Waals surface area contributed by atoms with Crippen molar-refractivity contribution in [1.29, 1.82) is 0 Å². The topological polar surface area (TPSA) is 48.2 Å². The molecule has 1 fully saturated rings. The Bertz CT molecular complexity index is 254. The first-order chi connectivity index (χ1) is 6.86. The number of hydrogen-bond donors (Lipinski definition) is 0. The summed E-state index contributed by atoms with van der Waals surface area (Å²) in [6, 6.07) is 0. The van der Waals surface area contributed by atoms with E-state index < -0.39 is 0 Å². The first-order valence-electron chi connectivity index (χ1n) is 5.24. The van der Waals surface area contributed by atoms with Gasteiger partial charge in [0.2, 0.25) is 11.8 Å². The summed E-state index contributed by atoms with van der Waals surface area (Å²) in [5, 5.41) is 7.80. The van der Waals surface area contributed by atoms with Crippen molar-refractivity contribution in [2.45, 2.75) is 39.5 Å². The van der Waals surface area contributed by atoms with Gasteiger partial charge in [-0.15, -0.1) is 10.2 Å². The number of hydrogen-bond acceptors (Lipinski definition) is 4. The Hall–Kier alpha value is -0.900. The summed E-state index contributed by atoms with van der Waals surface area (Å²) in [4.78, 5) is 0. The molecule has 1 aliphatic rings. The molecular weight excluding hydrogens is 180 g/mol. The van der Waals surface area contributed by atoms with Crippen LogP contribution in [0.15, 0.2) is 4.42 Å². The summed E-state index contributed by atoms with van der Waals surface area (Å²) < 4.78 is 10.6. The van der Waals surface area contributed by atoms with Gasteiger partial charge in [-0.25, -0.2) is 0 Å². The van der Waals surface area contributed by atoms with Crippen LogP contribution in [-0.2, 0) is 4.74 Å². The van der Waals surface area contributed by atoms with Gasteiger partial charge in [0.1, 0.15) is 0 Å². The van der Waals surface area contributed by atoms with Gasteiger partial charge in [-0.2, -0.15) is 0 Å². The van der Waals surface area contributed by atoms with E-state index in [9.17, 15) is 0 Å². The highest BCUT2D eigenvalue weighted by molar-refractivity contribution is 4.91. The van der Waals surface area contributed by atoms with Crippen molar-refractivity contribution < 1.29 is 9.15 Å². The number of ether oxygens (including phenoxy) is 1. The summed E-state index contributed by atoms with van der Waals surface area (Å²) in [5.41, 5.74) is 0. The highest BCUT2D eigenvalue weighted by Crippen LogP contribution is 2.25. The molecule has 0 amide bonds. The van der Waals surface area contributed by atoms with Crippen molar-refractivity contribution in [3.8, 4) is 0 Å². The van der Waals surface area contributed by atoms with Crippen LogP contribution in [0, 0.1) is 6.92 Å². The largest absolute Gasteiger partial charge is 0.425 e. The summed E-state index contributed by atoms with van der Waals surface area (Å²) >= 11 is 0. The molecule has 1 aromatic heterocycles. The van der Waals surface area contributed by atoms with Crippen LogP contribution in [0.3, 0.4) is 0 Å². The fourth-order valence-corrected chi connectivity index (χ4v) is 1.42. The number of rotatable bonds is 1. The van der Waals surface area contributed by atoms with E-state index in [1.807, 2.05) is 20.8 Å². The zero-order chi connectivity index (χ0) is 10.4. The molecule has 14 heavy (non-hydrogen) atoms. The molecule has 1 saturated heterocycles. The van der Waals surface area contributed by atoms with Crippen LogP contribution in [0.4, 0.5) is 0 Å². The van der Waals surface area contributed by atoms with Gasteiger partial charge in [-0.05, 0) is 12.8 Å². The lowest BCUT2D eigenvalue weighted by Gasteiger charge is -2.18. The molecule has 4 nitrogen and oxygen atoms in total. The normalized spacial score (nSPS) is 17.4. The van der Waals surface area contributed by atoms with E-state index in [4.69, 9.17) is 9.15 Å². The van der Waals surface area contributed by atoms with E-state index in [0.717, 1.165) is 31.9 Å². The minimum atomic E-state index is 0.417. The van der Waals surface area contributed by atoms with Gasteiger partial charge in [0.25, 0.3) is 0 Å². The highest BCUT2D eigenvalue weighted by atomic mass is 16.5. The first-order valence-corrected chi connectivity index (χ1v) is 5.24. The Morgan fingerprint density at radius 1 is 1.14 bits per heavy atom. The van der Waals surface area contributed by atoms with E-state index in [-0.39, 0.29) is 0 Å². The minimum absolute atomic E-state index is 0.417. The molecule has 4 heteroatoms. The molecule has 2 heterocycles. The zero-order valence-electron chi connectivity index (χ0n) is 9.12. The lowest BCUT2D eigenvalue weighted by molar-refractivity contribution is 0.0792. The highest BCUT2D eigenvalue weighted by Gasteiger charge is 2.20. The van der Waals surface area contributed by atoms with Gasteiger partial charge in [-0.3, -0.25) is 0 Å². The van der Waals surface area contributed by atoms with Gasteiger partial charge in [0.15, 0.2) is 0 Å². The van der Waals surface area contributed by atoms with Crippen LogP contribution in [0.1, 0.15) is 44.4 Å². The second-order valence-corrected chi connectivity index (χ2v) is 3.05. The molecule has 0 spiro atoms. The van der Waals surface area contributed by atoms with E-state index in [1.165, 1.54) is 0 Å². The van der Waals surface area contributed by atoms with Crippen molar-refractivity contribution in [3.05, 3.63) is 11.8 Å². The summed E-state index contributed by atoms with van der Waals surface area (Å²) in [6.07, 6.45) is 2.00. The van der Waals surface area contributed by atoms with Crippen LogP contribution in [0.2, 0.25) is 0 Å². The second-order valence-electron chi connectivity index (χ2n) is 3.05. The van der Waals surface area contributed by atoms with Crippen molar-refractivity contribution in [2.24, 2.45) is 0 Å². The molecule has 0 N–H and O–H groups in total. The summed E-state index contributed by atoms with van der Waals surface area (Å²) in [5.74, 6) is 1.84. The Morgan fingerprint density at radius 3 is 2.29 bits per heavy atom. The van der Waals surface area contributed by atoms with E-state index >= 15 is 0 Å². The maximum Gasteiger partial charge on any atom is 0.219 e. The SMILES string of the molecule is CC.Cc1nnc(C2CCOCC2)o1. The predicted molar refractivity (Wildman–Crippen MR) is 53.2 cm³/mol. The third-order valence-electron chi connectivity index (χ3n) is 2.11. The van der Waals surface area contributed by atoms with Crippen LogP contribution in [0.25, 0.3) is 0 Å². The summed E-state index contributed by atoms with van der Waals surface area (Å²) in [7, 11) is 0. The van der Waals surface area contributed by atoms with Gasteiger partial charge in [0.05, 0.1) is 0 Å². The summed E-state index contributed by atoms with van der Waals surface area (Å²) in [6.45, 7) is 7.44.